The Morgan fingerprint density at radius 2 is 2.28 bits per heavy atom. The molecule has 0 radical (unpaired) electrons. The summed E-state index contributed by atoms with van der Waals surface area (Å²) in [5, 5.41) is 5.94. The maximum Gasteiger partial charge on any atom is 0.152 e. The lowest BCUT2D eigenvalue weighted by Gasteiger charge is -2.35. The molecule has 18 heavy (non-hydrogen) atoms. The zero-order chi connectivity index (χ0) is 13.4. The summed E-state index contributed by atoms with van der Waals surface area (Å²) >= 11 is 1.54. The molecule has 0 aliphatic heterocycles. The first kappa shape index (κ1) is 14.0. The van der Waals surface area contributed by atoms with E-state index in [0.29, 0.717) is 0 Å². The molecular weight excluding hydrogens is 268 g/mol. The second kappa shape index (κ2) is 4.90. The van der Waals surface area contributed by atoms with Crippen LogP contribution in [0.1, 0.15) is 38.1 Å². The fourth-order valence-corrected chi connectivity index (χ4v) is 5.57. The molecular formula is C12H20N2O2S2. The standard InChI is InChI=1S/C12H20N2O2S2/c1-9(2)14-12(11-13-7-8-17-11)6-4-5-10(12)18(3,15)16/h7-10,14H,4-6H2,1-3H3. The van der Waals surface area contributed by atoms with E-state index in [1.807, 2.05) is 19.2 Å². The van der Waals surface area contributed by atoms with Gasteiger partial charge in [0.15, 0.2) is 9.84 Å². The third-order valence-electron chi connectivity index (χ3n) is 3.46. The third kappa shape index (κ3) is 2.46. The molecule has 1 aliphatic carbocycles. The van der Waals surface area contributed by atoms with E-state index in [1.54, 1.807) is 17.5 Å². The molecule has 6 heteroatoms. The molecule has 2 atom stereocenters. The van der Waals surface area contributed by atoms with Crippen molar-refractivity contribution in [3.8, 4) is 0 Å². The SMILES string of the molecule is CC(C)NC1(c2nccs2)CCCC1S(C)(=O)=O. The normalized spacial score (nSPS) is 29.0. The average molecular weight is 288 g/mol. The maximum absolute atomic E-state index is 12.1. The summed E-state index contributed by atoms with van der Waals surface area (Å²) in [6.45, 7) is 4.10. The van der Waals surface area contributed by atoms with Crippen LogP contribution in [0.3, 0.4) is 0 Å². The van der Waals surface area contributed by atoms with E-state index in [-0.39, 0.29) is 11.3 Å². The van der Waals surface area contributed by atoms with Crippen LogP contribution >= 0.6 is 11.3 Å². The van der Waals surface area contributed by atoms with Crippen LogP contribution in [0, 0.1) is 0 Å². The summed E-state index contributed by atoms with van der Waals surface area (Å²) in [5.74, 6) is 0. The zero-order valence-electron chi connectivity index (χ0n) is 11.0. The van der Waals surface area contributed by atoms with Gasteiger partial charge in [-0.3, -0.25) is 0 Å². The Bertz CT molecular complexity index is 496. The van der Waals surface area contributed by atoms with Gasteiger partial charge >= 0.3 is 0 Å². The largest absolute Gasteiger partial charge is 0.302 e. The van der Waals surface area contributed by atoms with Crippen molar-refractivity contribution in [2.24, 2.45) is 0 Å². The molecule has 1 heterocycles. The molecule has 0 bridgehead atoms. The van der Waals surface area contributed by atoms with Gasteiger partial charge in [0, 0.05) is 23.9 Å². The van der Waals surface area contributed by atoms with Crippen LogP contribution in [0.2, 0.25) is 0 Å². The molecule has 2 unspecified atom stereocenters. The van der Waals surface area contributed by atoms with Crippen molar-refractivity contribution >= 4 is 21.2 Å². The molecule has 1 fully saturated rings. The highest BCUT2D eigenvalue weighted by Gasteiger charge is 2.51. The Morgan fingerprint density at radius 3 is 2.78 bits per heavy atom. The van der Waals surface area contributed by atoms with E-state index in [9.17, 15) is 8.42 Å². The van der Waals surface area contributed by atoms with Gasteiger partial charge in [0.2, 0.25) is 0 Å². The highest BCUT2D eigenvalue weighted by Crippen LogP contribution is 2.43. The van der Waals surface area contributed by atoms with Crippen molar-refractivity contribution in [1.82, 2.24) is 10.3 Å². The van der Waals surface area contributed by atoms with Gasteiger partial charge in [0.25, 0.3) is 0 Å². The number of sulfone groups is 1. The van der Waals surface area contributed by atoms with Gasteiger partial charge in [-0.1, -0.05) is 0 Å². The maximum atomic E-state index is 12.1. The molecule has 0 amide bonds. The Morgan fingerprint density at radius 1 is 1.56 bits per heavy atom. The van der Waals surface area contributed by atoms with Crippen LogP contribution in [0.25, 0.3) is 0 Å². The van der Waals surface area contributed by atoms with Crippen molar-refractivity contribution in [2.45, 2.75) is 49.9 Å². The third-order valence-corrected chi connectivity index (χ3v) is 6.09. The fraction of sp³-hybridized carbons (Fsp3) is 0.750. The van der Waals surface area contributed by atoms with E-state index in [4.69, 9.17) is 0 Å². The van der Waals surface area contributed by atoms with Crippen molar-refractivity contribution in [3.63, 3.8) is 0 Å². The summed E-state index contributed by atoms with van der Waals surface area (Å²) in [6.07, 6.45) is 5.58. The van der Waals surface area contributed by atoms with E-state index in [2.05, 4.69) is 10.3 Å². The van der Waals surface area contributed by atoms with Crippen molar-refractivity contribution in [3.05, 3.63) is 16.6 Å². The quantitative estimate of drug-likeness (QED) is 0.920. The van der Waals surface area contributed by atoms with Crippen molar-refractivity contribution < 1.29 is 8.42 Å². The van der Waals surface area contributed by atoms with Gasteiger partial charge in [0.05, 0.1) is 10.8 Å². The van der Waals surface area contributed by atoms with Gasteiger partial charge < -0.3 is 5.32 Å². The number of nitrogens with one attached hydrogen (secondary N) is 1. The number of aromatic nitrogens is 1. The van der Waals surface area contributed by atoms with Gasteiger partial charge in [-0.05, 0) is 33.1 Å². The summed E-state index contributed by atoms with van der Waals surface area (Å²) < 4.78 is 24.1. The van der Waals surface area contributed by atoms with E-state index >= 15 is 0 Å². The summed E-state index contributed by atoms with van der Waals surface area (Å²) in [6, 6.07) is 0.233. The molecule has 1 aromatic heterocycles. The molecule has 1 aliphatic rings. The minimum Gasteiger partial charge on any atom is -0.302 e. The molecule has 1 N–H and O–H groups in total. The van der Waals surface area contributed by atoms with Gasteiger partial charge in [0.1, 0.15) is 5.01 Å². The van der Waals surface area contributed by atoms with Crippen LogP contribution in [-0.4, -0.2) is 30.9 Å². The second-order valence-corrected chi connectivity index (χ2v) is 8.44. The number of hydrogen-bond acceptors (Lipinski definition) is 5. The predicted octanol–water partition coefficient (Wildman–Crippen LogP) is 1.93. The molecule has 0 saturated heterocycles. The first-order valence-corrected chi connectivity index (χ1v) is 9.06. The molecule has 0 aromatic carbocycles. The minimum atomic E-state index is -3.08. The molecule has 102 valence electrons. The highest BCUT2D eigenvalue weighted by molar-refractivity contribution is 7.91. The molecule has 2 rings (SSSR count). The van der Waals surface area contributed by atoms with Crippen LogP contribution in [0.15, 0.2) is 11.6 Å². The Kier molecular flexibility index (Phi) is 3.80. The smallest absolute Gasteiger partial charge is 0.152 e. The second-order valence-electron chi connectivity index (χ2n) is 5.32. The monoisotopic (exact) mass is 288 g/mol. The van der Waals surface area contributed by atoms with Crippen LogP contribution in [0.4, 0.5) is 0 Å². The number of rotatable bonds is 4. The summed E-state index contributed by atoms with van der Waals surface area (Å²) in [4.78, 5) is 4.38. The van der Waals surface area contributed by atoms with Crippen molar-refractivity contribution in [2.75, 3.05) is 6.26 Å². The Hall–Kier alpha value is -0.460. The first-order chi connectivity index (χ1) is 8.36. The van der Waals surface area contributed by atoms with Gasteiger partial charge in [-0.2, -0.15) is 0 Å². The molecule has 4 nitrogen and oxygen atoms in total. The van der Waals surface area contributed by atoms with Crippen LogP contribution < -0.4 is 5.32 Å². The predicted molar refractivity (Wildman–Crippen MR) is 74.5 cm³/mol. The average Bonchev–Trinajstić information content (AvgIpc) is 2.81. The lowest BCUT2D eigenvalue weighted by Crippen LogP contribution is -2.53. The molecule has 0 spiro atoms. The lowest BCUT2D eigenvalue weighted by atomic mass is 9.97. The lowest BCUT2D eigenvalue weighted by molar-refractivity contribution is 0.311. The van der Waals surface area contributed by atoms with Crippen LogP contribution in [0.5, 0.6) is 0 Å². The van der Waals surface area contributed by atoms with Crippen LogP contribution in [-0.2, 0) is 15.4 Å². The zero-order valence-corrected chi connectivity index (χ0v) is 12.6. The Balaban J connectivity index is 2.48. The number of nitrogens with zero attached hydrogens (tertiary/aromatic N) is 1. The Labute approximate surface area is 113 Å². The highest BCUT2D eigenvalue weighted by atomic mass is 32.2. The van der Waals surface area contributed by atoms with E-state index in [1.165, 1.54) is 6.26 Å². The first-order valence-electron chi connectivity index (χ1n) is 6.23. The van der Waals surface area contributed by atoms with Crippen molar-refractivity contribution in [1.29, 1.82) is 0 Å². The summed E-state index contributed by atoms with van der Waals surface area (Å²) in [5.41, 5.74) is -0.490. The number of thiazole rings is 1. The van der Waals surface area contributed by atoms with Gasteiger partial charge in [-0.15, -0.1) is 11.3 Å². The minimum absolute atomic E-state index is 0.233. The topological polar surface area (TPSA) is 59.1 Å². The molecule has 1 saturated carbocycles. The fourth-order valence-electron chi connectivity index (χ4n) is 2.98. The van der Waals surface area contributed by atoms with E-state index < -0.39 is 15.4 Å². The molecule has 1 aromatic rings. The van der Waals surface area contributed by atoms with E-state index in [0.717, 1.165) is 24.3 Å². The van der Waals surface area contributed by atoms with Gasteiger partial charge in [-0.25, -0.2) is 13.4 Å². The summed E-state index contributed by atoms with van der Waals surface area (Å²) in [7, 11) is -3.08. The number of hydrogen-bond donors (Lipinski definition) is 1.